The number of rotatable bonds is 4. The summed E-state index contributed by atoms with van der Waals surface area (Å²) in [5, 5.41) is 7.42. The number of hydrogen-bond acceptors (Lipinski definition) is 4. The number of hydrogen-bond donors (Lipinski definition) is 1. The van der Waals surface area contributed by atoms with Crippen LogP contribution in [0, 0.1) is 0 Å². The summed E-state index contributed by atoms with van der Waals surface area (Å²) in [5.74, 6) is 0.633. The standard InChI is InChI=1S/C20H19N3O3/c1-2-13-6-5-7-14(10-13)26-15-11-23(12-15)20(25)18-16-8-3-4-9-17(16)19(24)22-21-18/h3-10,15H,2,11-12H2,1H3,(H,22,24). The van der Waals surface area contributed by atoms with Gasteiger partial charge in [-0.05, 0) is 30.2 Å². The van der Waals surface area contributed by atoms with Gasteiger partial charge in [-0.3, -0.25) is 9.59 Å². The Hall–Kier alpha value is -3.15. The number of H-pyrrole nitrogens is 1. The highest BCUT2D eigenvalue weighted by molar-refractivity contribution is 6.05. The van der Waals surface area contributed by atoms with Crippen LogP contribution in [-0.2, 0) is 6.42 Å². The van der Waals surface area contributed by atoms with Crippen molar-refractivity contribution < 1.29 is 9.53 Å². The van der Waals surface area contributed by atoms with E-state index in [-0.39, 0.29) is 23.3 Å². The fraction of sp³-hybridized carbons (Fsp3) is 0.250. The van der Waals surface area contributed by atoms with Gasteiger partial charge in [0.2, 0.25) is 0 Å². The molecule has 6 heteroatoms. The maximum atomic E-state index is 12.7. The third-order valence-electron chi connectivity index (χ3n) is 4.64. The molecule has 3 aromatic rings. The van der Waals surface area contributed by atoms with E-state index in [0.29, 0.717) is 23.9 Å². The van der Waals surface area contributed by atoms with Crippen molar-refractivity contribution in [1.82, 2.24) is 15.1 Å². The SMILES string of the molecule is CCc1cccc(OC2CN(C(=O)c3n[nH]c(=O)c4ccccc34)C2)c1. The molecule has 132 valence electrons. The lowest BCUT2D eigenvalue weighted by atomic mass is 10.1. The van der Waals surface area contributed by atoms with Crippen molar-refractivity contribution in [2.45, 2.75) is 19.4 Å². The van der Waals surface area contributed by atoms with Gasteiger partial charge in [0, 0.05) is 5.39 Å². The molecule has 0 saturated carbocycles. The Bertz CT molecular complexity index is 1020. The van der Waals surface area contributed by atoms with Crippen molar-refractivity contribution >= 4 is 16.7 Å². The largest absolute Gasteiger partial charge is 0.487 e. The van der Waals surface area contributed by atoms with Crippen LogP contribution in [0.4, 0.5) is 0 Å². The highest BCUT2D eigenvalue weighted by Gasteiger charge is 2.34. The van der Waals surface area contributed by atoms with Gasteiger partial charge >= 0.3 is 0 Å². The lowest BCUT2D eigenvalue weighted by Crippen LogP contribution is -2.56. The second-order valence-corrected chi connectivity index (χ2v) is 6.40. The fourth-order valence-electron chi connectivity index (χ4n) is 3.14. The van der Waals surface area contributed by atoms with Gasteiger partial charge in [0.05, 0.1) is 18.5 Å². The predicted molar refractivity (Wildman–Crippen MR) is 98.5 cm³/mol. The lowest BCUT2D eigenvalue weighted by molar-refractivity contribution is 0.0174. The molecule has 0 unspecified atom stereocenters. The quantitative estimate of drug-likeness (QED) is 0.785. The Morgan fingerprint density at radius 1 is 1.19 bits per heavy atom. The summed E-state index contributed by atoms with van der Waals surface area (Å²) in [6.07, 6.45) is 0.928. The first-order chi connectivity index (χ1) is 12.7. The molecule has 6 nitrogen and oxygen atoms in total. The number of nitrogens with one attached hydrogen (secondary N) is 1. The van der Waals surface area contributed by atoms with Gasteiger partial charge in [-0.2, -0.15) is 5.10 Å². The van der Waals surface area contributed by atoms with E-state index in [1.165, 1.54) is 5.56 Å². The second kappa shape index (κ2) is 6.63. The molecule has 1 N–H and O–H groups in total. The van der Waals surface area contributed by atoms with E-state index in [9.17, 15) is 9.59 Å². The maximum absolute atomic E-state index is 12.7. The lowest BCUT2D eigenvalue weighted by Gasteiger charge is -2.38. The van der Waals surface area contributed by atoms with E-state index in [0.717, 1.165) is 12.2 Å². The number of fused-ring (bicyclic) bond motifs is 1. The van der Waals surface area contributed by atoms with Crippen molar-refractivity contribution in [3.63, 3.8) is 0 Å². The third kappa shape index (κ3) is 2.94. The summed E-state index contributed by atoms with van der Waals surface area (Å²) in [4.78, 5) is 26.3. The Labute approximate surface area is 150 Å². The normalized spacial score (nSPS) is 14.3. The van der Waals surface area contributed by atoms with E-state index in [4.69, 9.17) is 4.74 Å². The highest BCUT2D eigenvalue weighted by Crippen LogP contribution is 2.22. The van der Waals surface area contributed by atoms with Crippen LogP contribution >= 0.6 is 0 Å². The first kappa shape index (κ1) is 16.3. The van der Waals surface area contributed by atoms with Gasteiger partial charge in [-0.15, -0.1) is 0 Å². The topological polar surface area (TPSA) is 75.3 Å². The number of aromatic amines is 1. The van der Waals surface area contributed by atoms with Crippen LogP contribution in [0.3, 0.4) is 0 Å². The zero-order chi connectivity index (χ0) is 18.1. The molecule has 1 amide bonds. The van der Waals surface area contributed by atoms with Crippen LogP contribution in [0.15, 0.2) is 53.3 Å². The average Bonchev–Trinajstić information content (AvgIpc) is 2.64. The number of nitrogens with zero attached hydrogens (tertiary/aromatic N) is 2. The van der Waals surface area contributed by atoms with Crippen molar-refractivity contribution in [2.75, 3.05) is 13.1 Å². The molecule has 26 heavy (non-hydrogen) atoms. The van der Waals surface area contributed by atoms with Crippen LogP contribution in [0.2, 0.25) is 0 Å². The molecule has 0 aliphatic carbocycles. The summed E-state index contributed by atoms with van der Waals surface area (Å²) < 4.78 is 5.94. The second-order valence-electron chi connectivity index (χ2n) is 6.40. The number of benzene rings is 2. The van der Waals surface area contributed by atoms with Crippen LogP contribution < -0.4 is 10.3 Å². The van der Waals surface area contributed by atoms with E-state index >= 15 is 0 Å². The summed E-state index contributed by atoms with van der Waals surface area (Å²) in [5.41, 5.74) is 1.20. The van der Waals surface area contributed by atoms with Crippen LogP contribution in [0.25, 0.3) is 10.8 Å². The van der Waals surface area contributed by atoms with Gasteiger partial charge in [0.25, 0.3) is 11.5 Å². The molecule has 2 aromatic carbocycles. The Kier molecular flexibility index (Phi) is 4.16. The number of aryl methyl sites for hydroxylation is 1. The van der Waals surface area contributed by atoms with E-state index in [1.54, 1.807) is 29.2 Å². The number of ether oxygens (including phenoxy) is 1. The first-order valence-corrected chi connectivity index (χ1v) is 8.68. The average molecular weight is 349 g/mol. The van der Waals surface area contributed by atoms with Crippen molar-refractivity contribution in [3.8, 4) is 5.75 Å². The summed E-state index contributed by atoms with van der Waals surface area (Å²) in [6, 6.07) is 15.0. The molecule has 1 aliphatic rings. The molecule has 1 aromatic heterocycles. The summed E-state index contributed by atoms with van der Waals surface area (Å²) in [6.45, 7) is 3.11. The van der Waals surface area contributed by atoms with Crippen LogP contribution in [0.1, 0.15) is 23.0 Å². The number of amides is 1. The van der Waals surface area contributed by atoms with Gasteiger partial charge in [0.1, 0.15) is 11.9 Å². The molecule has 1 saturated heterocycles. The molecule has 0 radical (unpaired) electrons. The van der Waals surface area contributed by atoms with Gasteiger partial charge < -0.3 is 9.64 Å². The van der Waals surface area contributed by atoms with Crippen LogP contribution in [0.5, 0.6) is 5.75 Å². The zero-order valence-corrected chi connectivity index (χ0v) is 14.4. The number of likely N-dealkylation sites (tertiary alicyclic amines) is 1. The Morgan fingerprint density at radius 2 is 1.96 bits per heavy atom. The molecular weight excluding hydrogens is 330 g/mol. The fourth-order valence-corrected chi connectivity index (χ4v) is 3.14. The minimum absolute atomic E-state index is 0.0277. The monoisotopic (exact) mass is 349 g/mol. The molecule has 1 aliphatic heterocycles. The number of aromatic nitrogens is 2. The molecule has 2 heterocycles. The van der Waals surface area contributed by atoms with Crippen molar-refractivity contribution in [1.29, 1.82) is 0 Å². The Morgan fingerprint density at radius 3 is 2.73 bits per heavy atom. The zero-order valence-electron chi connectivity index (χ0n) is 14.4. The summed E-state index contributed by atoms with van der Waals surface area (Å²) in [7, 11) is 0. The molecule has 0 spiro atoms. The minimum atomic E-state index is -0.294. The van der Waals surface area contributed by atoms with Gasteiger partial charge in [-0.25, -0.2) is 5.10 Å². The van der Waals surface area contributed by atoms with Gasteiger partial charge in [0.15, 0.2) is 5.69 Å². The van der Waals surface area contributed by atoms with Crippen molar-refractivity contribution in [3.05, 3.63) is 70.1 Å². The smallest absolute Gasteiger partial charge is 0.275 e. The molecule has 1 fully saturated rings. The highest BCUT2D eigenvalue weighted by atomic mass is 16.5. The third-order valence-corrected chi connectivity index (χ3v) is 4.64. The van der Waals surface area contributed by atoms with E-state index in [2.05, 4.69) is 23.2 Å². The first-order valence-electron chi connectivity index (χ1n) is 8.68. The molecule has 4 rings (SSSR count). The maximum Gasteiger partial charge on any atom is 0.275 e. The molecular formula is C20H19N3O3. The number of carbonyl (C=O) groups excluding carboxylic acids is 1. The van der Waals surface area contributed by atoms with Gasteiger partial charge in [-0.1, -0.05) is 37.3 Å². The molecule has 0 bridgehead atoms. The minimum Gasteiger partial charge on any atom is -0.487 e. The predicted octanol–water partition coefficient (Wildman–Crippen LogP) is 2.39. The Balaban J connectivity index is 1.47. The van der Waals surface area contributed by atoms with Crippen LogP contribution in [-0.4, -0.2) is 40.2 Å². The van der Waals surface area contributed by atoms with Crippen molar-refractivity contribution in [2.24, 2.45) is 0 Å². The number of carbonyl (C=O) groups is 1. The summed E-state index contributed by atoms with van der Waals surface area (Å²) >= 11 is 0. The van der Waals surface area contributed by atoms with E-state index in [1.807, 2.05) is 18.2 Å². The van der Waals surface area contributed by atoms with E-state index < -0.39 is 0 Å². The molecule has 0 atom stereocenters.